The molecule has 0 bridgehead atoms. The van der Waals surface area contributed by atoms with Gasteiger partial charge in [0, 0.05) is 12.1 Å². The van der Waals surface area contributed by atoms with E-state index in [1.54, 1.807) is 13.8 Å². The molecule has 1 heterocycles. The van der Waals surface area contributed by atoms with Gasteiger partial charge in [-0.2, -0.15) is 8.78 Å². The van der Waals surface area contributed by atoms with Crippen molar-refractivity contribution in [3.8, 4) is 0 Å². The molecule has 6 heteroatoms. The Bertz CT molecular complexity index is 377. The molecule has 0 spiro atoms. The lowest BCUT2D eigenvalue weighted by Crippen LogP contribution is -2.18. The highest BCUT2D eigenvalue weighted by Crippen LogP contribution is 2.33. The van der Waals surface area contributed by atoms with Gasteiger partial charge in [0.1, 0.15) is 12.0 Å². The molecule has 1 aromatic rings. The van der Waals surface area contributed by atoms with Crippen molar-refractivity contribution < 1.29 is 13.6 Å². The molecule has 82 valence electrons. The number of carbonyl (C=O) groups is 1. The number of ketones is 1. The fourth-order valence-corrected chi connectivity index (χ4v) is 1.20. The second-order valence-electron chi connectivity index (χ2n) is 3.30. The van der Waals surface area contributed by atoms with Crippen molar-refractivity contribution in [2.45, 2.75) is 19.2 Å². The molecule has 0 amide bonds. The lowest BCUT2D eigenvalue weighted by molar-refractivity contribution is 0.0819. The molecule has 0 radical (unpaired) electrons. The van der Waals surface area contributed by atoms with Gasteiger partial charge in [0.05, 0.1) is 5.56 Å². The molecule has 0 aromatic carbocycles. The number of carbonyl (C=O) groups excluding carboxylic acids is 1. The van der Waals surface area contributed by atoms with Gasteiger partial charge in [-0.05, 0) is 11.6 Å². The maximum atomic E-state index is 12.9. The Morgan fingerprint density at radius 3 is 2.60 bits per heavy atom. The maximum Gasteiger partial charge on any atom is 0.365 e. The van der Waals surface area contributed by atoms with Gasteiger partial charge >= 0.3 is 5.38 Å². The van der Waals surface area contributed by atoms with Crippen LogP contribution in [0.3, 0.4) is 0 Å². The van der Waals surface area contributed by atoms with Crippen molar-refractivity contribution in [1.29, 1.82) is 0 Å². The summed E-state index contributed by atoms with van der Waals surface area (Å²) in [6.45, 7) is 3.21. The Hall–Kier alpha value is -1.10. The summed E-state index contributed by atoms with van der Waals surface area (Å²) < 4.78 is 25.7. The van der Waals surface area contributed by atoms with Gasteiger partial charge in [-0.3, -0.25) is 4.79 Å². The molecule has 0 saturated carbocycles. The summed E-state index contributed by atoms with van der Waals surface area (Å²) in [6.07, 6.45) is 1.99. The maximum absolute atomic E-state index is 12.9. The zero-order valence-electron chi connectivity index (χ0n) is 8.17. The molecule has 1 rings (SSSR count). The number of rotatable bonds is 3. The van der Waals surface area contributed by atoms with Gasteiger partial charge in [0.25, 0.3) is 0 Å². The standard InChI is InChI=1S/C9H9ClF2N2O/c1-5(2)7(15)6-3-13-4-14-8(6)9(10,11)12/h3-5H,1-2H3. The van der Waals surface area contributed by atoms with E-state index >= 15 is 0 Å². The van der Waals surface area contributed by atoms with Crippen molar-refractivity contribution in [2.75, 3.05) is 0 Å². The largest absolute Gasteiger partial charge is 0.365 e. The number of aromatic nitrogens is 2. The minimum absolute atomic E-state index is 0.229. The first kappa shape index (κ1) is 12.0. The second kappa shape index (κ2) is 4.18. The van der Waals surface area contributed by atoms with E-state index in [-0.39, 0.29) is 5.56 Å². The number of nitrogens with zero attached hydrogens (tertiary/aromatic N) is 2. The van der Waals surface area contributed by atoms with Gasteiger partial charge in [-0.15, -0.1) is 0 Å². The number of halogens is 3. The second-order valence-corrected chi connectivity index (χ2v) is 3.78. The SMILES string of the molecule is CC(C)C(=O)c1cncnc1C(F)(F)Cl. The van der Waals surface area contributed by atoms with Crippen LogP contribution in [0, 0.1) is 5.92 Å². The quantitative estimate of drug-likeness (QED) is 0.596. The fraction of sp³-hybridized carbons (Fsp3) is 0.444. The Morgan fingerprint density at radius 2 is 2.13 bits per heavy atom. The van der Waals surface area contributed by atoms with Crippen LogP contribution >= 0.6 is 11.6 Å². The van der Waals surface area contributed by atoms with Gasteiger partial charge < -0.3 is 0 Å². The molecule has 0 aliphatic rings. The normalized spacial score (nSPS) is 11.9. The topological polar surface area (TPSA) is 42.9 Å². The minimum atomic E-state index is -3.65. The molecule has 0 N–H and O–H groups in total. The van der Waals surface area contributed by atoms with E-state index in [9.17, 15) is 13.6 Å². The van der Waals surface area contributed by atoms with Crippen LogP contribution in [0.5, 0.6) is 0 Å². The molecule has 0 atom stereocenters. The van der Waals surface area contributed by atoms with E-state index in [1.807, 2.05) is 0 Å². The Morgan fingerprint density at radius 1 is 1.53 bits per heavy atom. The molecular weight excluding hydrogens is 226 g/mol. The number of hydrogen-bond donors (Lipinski definition) is 0. The summed E-state index contributed by atoms with van der Waals surface area (Å²) in [5, 5.41) is -3.65. The van der Waals surface area contributed by atoms with E-state index in [2.05, 4.69) is 9.97 Å². The highest BCUT2D eigenvalue weighted by atomic mass is 35.5. The number of Topliss-reactive ketones (excluding diaryl/α,β-unsaturated/α-hetero) is 1. The zero-order chi connectivity index (χ0) is 11.6. The van der Waals surface area contributed by atoms with Gasteiger partial charge in [-0.1, -0.05) is 13.8 Å². The average molecular weight is 235 g/mol. The number of hydrogen-bond acceptors (Lipinski definition) is 3. The summed E-state index contributed by atoms with van der Waals surface area (Å²) >= 11 is 4.84. The van der Waals surface area contributed by atoms with Crippen molar-refractivity contribution >= 4 is 17.4 Å². The van der Waals surface area contributed by atoms with Gasteiger partial charge in [-0.25, -0.2) is 9.97 Å². The molecule has 3 nitrogen and oxygen atoms in total. The van der Waals surface area contributed by atoms with Crippen LogP contribution in [0.25, 0.3) is 0 Å². The van der Waals surface area contributed by atoms with Crippen LogP contribution in [0.2, 0.25) is 0 Å². The summed E-state index contributed by atoms with van der Waals surface area (Å²) in [5.41, 5.74) is -0.967. The van der Waals surface area contributed by atoms with E-state index in [0.29, 0.717) is 0 Å². The molecular formula is C9H9ClF2N2O. The summed E-state index contributed by atoms with van der Waals surface area (Å²) in [5.74, 6) is -0.861. The molecule has 0 saturated heterocycles. The lowest BCUT2D eigenvalue weighted by atomic mass is 10.0. The first-order chi connectivity index (χ1) is 6.84. The predicted molar refractivity (Wildman–Crippen MR) is 50.9 cm³/mol. The van der Waals surface area contributed by atoms with Crippen molar-refractivity contribution in [1.82, 2.24) is 9.97 Å². The fourth-order valence-electron chi connectivity index (χ4n) is 1.05. The summed E-state index contributed by atoms with van der Waals surface area (Å²) in [6, 6.07) is 0. The Balaban J connectivity index is 3.25. The predicted octanol–water partition coefficient (Wildman–Crippen LogP) is 2.60. The molecule has 0 unspecified atom stereocenters. The van der Waals surface area contributed by atoms with E-state index < -0.39 is 22.8 Å². The molecule has 0 aliphatic carbocycles. The van der Waals surface area contributed by atoms with Crippen molar-refractivity contribution in [3.05, 3.63) is 23.8 Å². The highest BCUT2D eigenvalue weighted by molar-refractivity contribution is 6.22. The van der Waals surface area contributed by atoms with E-state index in [4.69, 9.17) is 11.6 Å². The van der Waals surface area contributed by atoms with Crippen LogP contribution in [0.4, 0.5) is 8.78 Å². The lowest BCUT2D eigenvalue weighted by Gasteiger charge is -2.12. The molecule has 1 aromatic heterocycles. The smallest absolute Gasteiger partial charge is 0.294 e. The third kappa shape index (κ3) is 2.68. The first-order valence-electron chi connectivity index (χ1n) is 4.25. The van der Waals surface area contributed by atoms with Crippen LogP contribution in [0.1, 0.15) is 29.9 Å². The highest BCUT2D eigenvalue weighted by Gasteiger charge is 2.35. The molecule has 0 aliphatic heterocycles. The van der Waals surface area contributed by atoms with E-state index in [0.717, 1.165) is 12.5 Å². The molecule has 15 heavy (non-hydrogen) atoms. The van der Waals surface area contributed by atoms with Gasteiger partial charge in [0.15, 0.2) is 5.78 Å². The average Bonchev–Trinajstić information content (AvgIpc) is 2.15. The zero-order valence-corrected chi connectivity index (χ0v) is 8.92. The number of alkyl halides is 3. The van der Waals surface area contributed by atoms with Crippen molar-refractivity contribution in [2.24, 2.45) is 5.92 Å². The van der Waals surface area contributed by atoms with Crippen LogP contribution in [0.15, 0.2) is 12.5 Å². The van der Waals surface area contributed by atoms with E-state index in [1.165, 1.54) is 0 Å². The third-order valence-corrected chi connectivity index (χ3v) is 1.95. The van der Waals surface area contributed by atoms with Crippen LogP contribution < -0.4 is 0 Å². The van der Waals surface area contributed by atoms with Crippen LogP contribution in [-0.2, 0) is 5.38 Å². The van der Waals surface area contributed by atoms with Gasteiger partial charge in [0.2, 0.25) is 0 Å². The van der Waals surface area contributed by atoms with Crippen molar-refractivity contribution in [3.63, 3.8) is 0 Å². The Kier molecular flexibility index (Phi) is 3.34. The monoisotopic (exact) mass is 234 g/mol. The minimum Gasteiger partial charge on any atom is -0.294 e. The summed E-state index contributed by atoms with van der Waals surface area (Å²) in [7, 11) is 0. The summed E-state index contributed by atoms with van der Waals surface area (Å²) in [4.78, 5) is 18.4. The first-order valence-corrected chi connectivity index (χ1v) is 4.63. The van der Waals surface area contributed by atoms with Crippen LogP contribution in [-0.4, -0.2) is 15.8 Å². The Labute approximate surface area is 90.5 Å². The third-order valence-electron chi connectivity index (χ3n) is 1.77. The molecule has 0 fully saturated rings.